The highest BCUT2D eigenvalue weighted by molar-refractivity contribution is 8.83. The fourth-order valence-electron chi connectivity index (χ4n) is 0.117. The Balaban J connectivity index is 2.82. The molecule has 0 aromatic carbocycles. The fourth-order valence-corrected chi connectivity index (χ4v) is 1.49. The van der Waals surface area contributed by atoms with E-state index in [4.69, 9.17) is 5.73 Å². The van der Waals surface area contributed by atoms with Gasteiger partial charge in [0.2, 0.25) is 0 Å². The first-order valence-electron chi connectivity index (χ1n) is 1.86. The lowest BCUT2D eigenvalue weighted by Crippen LogP contribution is -1.98. The van der Waals surface area contributed by atoms with Crippen LogP contribution >= 0.6 is 33.8 Å². The normalized spacial score (nSPS) is 8.71. The van der Waals surface area contributed by atoms with Gasteiger partial charge >= 0.3 is 0 Å². The van der Waals surface area contributed by atoms with E-state index in [-0.39, 0.29) is 0 Å². The predicted molar refractivity (Wildman–Crippen MR) is 42.5 cm³/mol. The third kappa shape index (κ3) is 6.59. The van der Waals surface area contributed by atoms with Crippen LogP contribution in [0.25, 0.3) is 0 Å². The summed E-state index contributed by atoms with van der Waals surface area (Å²) in [5, 5.41) is 0. The molecule has 0 saturated carbocycles. The highest BCUT2D eigenvalue weighted by Crippen LogP contribution is 2.19. The average molecular weight is 153 g/mol. The van der Waals surface area contributed by atoms with Crippen LogP contribution in [-0.2, 0) is 0 Å². The van der Waals surface area contributed by atoms with Gasteiger partial charge in [0.15, 0.2) is 0 Å². The summed E-state index contributed by atoms with van der Waals surface area (Å²) in [7, 11) is 3.12. The molecule has 4 heteroatoms. The number of nitrogens with two attached hydrogens (primary N) is 1. The summed E-state index contributed by atoms with van der Waals surface area (Å²) >= 11 is 4.58. The number of rotatable bonds is 2. The maximum absolute atomic E-state index is 5.15. The van der Waals surface area contributed by atoms with Gasteiger partial charge in [-0.1, -0.05) is 29.9 Å². The van der Waals surface area contributed by atoms with Crippen molar-refractivity contribution in [3.63, 3.8) is 0 Å². The fraction of sp³-hybridized carbons (Fsp3) is 0.667. The van der Waals surface area contributed by atoms with Crippen molar-refractivity contribution in [3.8, 4) is 0 Å². The Morgan fingerprint density at radius 3 is 2.57 bits per heavy atom. The van der Waals surface area contributed by atoms with E-state index in [0.29, 0.717) is 4.32 Å². The van der Waals surface area contributed by atoms with Gasteiger partial charge in [-0.15, -0.1) is 0 Å². The molecule has 0 saturated heterocycles. The van der Waals surface area contributed by atoms with Crippen LogP contribution in [0.4, 0.5) is 0 Å². The minimum Gasteiger partial charge on any atom is -0.384 e. The van der Waals surface area contributed by atoms with Crippen LogP contribution < -0.4 is 5.73 Å². The number of thiocarbonyl (C=S) groups is 1. The summed E-state index contributed by atoms with van der Waals surface area (Å²) < 4.78 is 0.520. The largest absolute Gasteiger partial charge is 0.384 e. The smallest absolute Gasteiger partial charge is 0.141 e. The molecule has 2 N–H and O–H groups in total. The van der Waals surface area contributed by atoms with Gasteiger partial charge in [0, 0.05) is 5.75 Å². The molecule has 0 aromatic heterocycles. The van der Waals surface area contributed by atoms with Crippen molar-refractivity contribution in [2.24, 2.45) is 5.73 Å². The predicted octanol–water partition coefficient (Wildman–Crippen LogP) is 1.63. The van der Waals surface area contributed by atoms with Gasteiger partial charge in [0.25, 0.3) is 0 Å². The highest BCUT2D eigenvalue weighted by atomic mass is 33.1. The van der Waals surface area contributed by atoms with E-state index in [1.165, 1.54) is 10.8 Å². The number of hydrogen-bond donors (Lipinski definition) is 1. The summed E-state index contributed by atoms with van der Waals surface area (Å²) in [6.45, 7) is 2.07. The molecule has 7 heavy (non-hydrogen) atoms. The molecule has 0 spiro atoms. The van der Waals surface area contributed by atoms with E-state index in [9.17, 15) is 0 Å². The van der Waals surface area contributed by atoms with E-state index in [2.05, 4.69) is 19.1 Å². The minimum atomic E-state index is 0.520. The summed E-state index contributed by atoms with van der Waals surface area (Å²) in [4.78, 5) is 0. The maximum atomic E-state index is 5.15. The Kier molecular flexibility index (Phi) is 5.14. The molecule has 0 rings (SSSR count). The van der Waals surface area contributed by atoms with Crippen molar-refractivity contribution in [2.45, 2.75) is 6.92 Å². The topological polar surface area (TPSA) is 26.0 Å². The molecule has 0 fully saturated rings. The third-order valence-corrected chi connectivity index (χ3v) is 2.94. The zero-order valence-electron chi connectivity index (χ0n) is 4.01. The van der Waals surface area contributed by atoms with Crippen LogP contribution in [0.15, 0.2) is 0 Å². The Labute approximate surface area is 56.8 Å². The molecule has 42 valence electrons. The van der Waals surface area contributed by atoms with E-state index in [0.717, 1.165) is 5.75 Å². The SMILES string of the molecule is CCSSC(N)=S. The molecule has 0 bridgehead atoms. The lowest BCUT2D eigenvalue weighted by Gasteiger charge is -1.89. The van der Waals surface area contributed by atoms with E-state index < -0.39 is 0 Å². The second kappa shape index (κ2) is 4.74. The van der Waals surface area contributed by atoms with Crippen LogP contribution in [0.3, 0.4) is 0 Å². The zero-order chi connectivity index (χ0) is 5.70. The molecule has 0 amide bonds. The van der Waals surface area contributed by atoms with Crippen LogP contribution in [0.1, 0.15) is 6.92 Å². The molecular weight excluding hydrogens is 146 g/mol. The molecule has 0 radical (unpaired) electrons. The van der Waals surface area contributed by atoms with E-state index in [1.807, 2.05) is 0 Å². The quantitative estimate of drug-likeness (QED) is 0.482. The van der Waals surface area contributed by atoms with E-state index >= 15 is 0 Å². The molecule has 0 unspecified atom stereocenters. The molecule has 0 aliphatic rings. The van der Waals surface area contributed by atoms with Crippen molar-refractivity contribution in [2.75, 3.05) is 5.75 Å². The van der Waals surface area contributed by atoms with Gasteiger partial charge < -0.3 is 5.73 Å². The van der Waals surface area contributed by atoms with Gasteiger partial charge in [-0.3, -0.25) is 0 Å². The van der Waals surface area contributed by atoms with Crippen molar-refractivity contribution < 1.29 is 0 Å². The monoisotopic (exact) mass is 153 g/mol. The van der Waals surface area contributed by atoms with Gasteiger partial charge in [0.05, 0.1) is 0 Å². The van der Waals surface area contributed by atoms with Crippen LogP contribution in [0.2, 0.25) is 0 Å². The van der Waals surface area contributed by atoms with E-state index in [1.54, 1.807) is 10.8 Å². The molecule has 0 aliphatic heterocycles. The molecule has 0 heterocycles. The summed E-state index contributed by atoms with van der Waals surface area (Å²) in [5.41, 5.74) is 5.15. The van der Waals surface area contributed by atoms with Crippen molar-refractivity contribution in [3.05, 3.63) is 0 Å². The molecular formula is C3H7NS3. The molecule has 1 nitrogen and oxygen atoms in total. The van der Waals surface area contributed by atoms with Crippen molar-refractivity contribution >= 4 is 38.1 Å². The molecule has 0 aromatic rings. The Hall–Kier alpha value is 0.590. The second-order valence-corrected chi connectivity index (χ2v) is 4.13. The van der Waals surface area contributed by atoms with Gasteiger partial charge in [-0.25, -0.2) is 0 Å². The Bertz CT molecular complexity index is 63.2. The van der Waals surface area contributed by atoms with Crippen molar-refractivity contribution in [1.29, 1.82) is 0 Å². The summed E-state index contributed by atoms with van der Waals surface area (Å²) in [5.74, 6) is 1.06. The van der Waals surface area contributed by atoms with Gasteiger partial charge in [-0.2, -0.15) is 0 Å². The van der Waals surface area contributed by atoms with Crippen LogP contribution in [-0.4, -0.2) is 10.1 Å². The molecule has 0 aliphatic carbocycles. The highest BCUT2D eigenvalue weighted by Gasteiger charge is 1.84. The standard InChI is InChI=1S/C3H7NS3/c1-2-6-7-3(4)5/h2H2,1H3,(H2,4,5). The Morgan fingerprint density at radius 1 is 1.86 bits per heavy atom. The Morgan fingerprint density at radius 2 is 2.43 bits per heavy atom. The minimum absolute atomic E-state index is 0.520. The summed E-state index contributed by atoms with van der Waals surface area (Å²) in [6, 6.07) is 0. The lowest BCUT2D eigenvalue weighted by molar-refractivity contribution is 1.54. The van der Waals surface area contributed by atoms with Gasteiger partial charge in [0.1, 0.15) is 4.32 Å². The average Bonchev–Trinajstić information content (AvgIpc) is 1.61. The van der Waals surface area contributed by atoms with Crippen LogP contribution in [0.5, 0.6) is 0 Å². The third-order valence-electron chi connectivity index (χ3n) is 0.259. The van der Waals surface area contributed by atoms with Crippen molar-refractivity contribution in [1.82, 2.24) is 0 Å². The van der Waals surface area contributed by atoms with Gasteiger partial charge in [-0.05, 0) is 10.8 Å². The number of hydrogen-bond acceptors (Lipinski definition) is 3. The zero-order valence-corrected chi connectivity index (χ0v) is 6.46. The van der Waals surface area contributed by atoms with Crippen LogP contribution in [0, 0.1) is 0 Å². The second-order valence-electron chi connectivity index (χ2n) is 0.809. The first-order chi connectivity index (χ1) is 3.27. The molecule has 0 atom stereocenters. The first-order valence-corrected chi connectivity index (χ1v) is 4.59. The maximum Gasteiger partial charge on any atom is 0.141 e. The first kappa shape index (κ1) is 7.59. The summed E-state index contributed by atoms with van der Waals surface area (Å²) in [6.07, 6.45) is 0. The lowest BCUT2D eigenvalue weighted by atomic mass is 11.0.